The van der Waals surface area contributed by atoms with Crippen molar-refractivity contribution in [3.63, 3.8) is 0 Å². The van der Waals surface area contributed by atoms with E-state index in [4.69, 9.17) is 4.74 Å². The summed E-state index contributed by atoms with van der Waals surface area (Å²) < 4.78 is 34.9. The quantitative estimate of drug-likeness (QED) is 0.651. The van der Waals surface area contributed by atoms with Gasteiger partial charge in [0.25, 0.3) is 5.91 Å². The third-order valence-corrected chi connectivity index (χ3v) is 4.96. The van der Waals surface area contributed by atoms with Gasteiger partial charge in [-0.25, -0.2) is 4.39 Å². The fourth-order valence-electron chi connectivity index (χ4n) is 3.36. The maximum atomic E-state index is 14.2. The number of carbonyl (C=O) groups excluding carboxylic acids is 1. The minimum absolute atomic E-state index is 0.0456. The van der Waals surface area contributed by atoms with Gasteiger partial charge >= 0.3 is 0 Å². The maximum absolute atomic E-state index is 14.2. The zero-order valence-electron chi connectivity index (χ0n) is 15.8. The molecule has 0 unspecified atom stereocenters. The summed E-state index contributed by atoms with van der Waals surface area (Å²) >= 11 is 0. The summed E-state index contributed by atoms with van der Waals surface area (Å²) in [5, 5.41) is 12.3. The Bertz CT molecular complexity index is 1220. The number of anilines is 1. The molecule has 0 aliphatic heterocycles. The van der Waals surface area contributed by atoms with Gasteiger partial charge in [0.2, 0.25) is 11.2 Å². The number of carbonyl (C=O) groups is 1. The monoisotopic (exact) mass is 400 g/mol. The molecule has 1 fully saturated rings. The number of aromatic hydroxyl groups is 1. The third kappa shape index (κ3) is 3.20. The fourth-order valence-corrected chi connectivity index (χ4v) is 3.36. The highest BCUT2D eigenvalue weighted by Crippen LogP contribution is 2.40. The van der Waals surface area contributed by atoms with Crippen LogP contribution in [0.4, 0.5) is 14.5 Å². The molecule has 1 amide bonds. The number of nitrogens with zero attached hydrogens (tertiary/aromatic N) is 1. The lowest BCUT2D eigenvalue weighted by atomic mass is 10.1. The second kappa shape index (κ2) is 6.88. The van der Waals surface area contributed by atoms with Crippen molar-refractivity contribution in [3.05, 3.63) is 63.4 Å². The highest BCUT2D eigenvalue weighted by atomic mass is 19.2. The van der Waals surface area contributed by atoms with Gasteiger partial charge < -0.3 is 19.7 Å². The predicted octanol–water partition coefficient (Wildman–Crippen LogP) is 3.89. The number of hydrogen-bond donors (Lipinski definition) is 2. The van der Waals surface area contributed by atoms with Crippen LogP contribution in [0, 0.1) is 18.6 Å². The Labute approximate surface area is 164 Å². The van der Waals surface area contributed by atoms with E-state index in [2.05, 4.69) is 5.32 Å². The van der Waals surface area contributed by atoms with E-state index in [1.807, 2.05) is 0 Å². The number of rotatable bonds is 4. The van der Waals surface area contributed by atoms with Crippen molar-refractivity contribution in [3.8, 4) is 11.5 Å². The van der Waals surface area contributed by atoms with Crippen LogP contribution in [0.25, 0.3) is 10.9 Å². The Morgan fingerprint density at radius 1 is 1.28 bits per heavy atom. The average molecular weight is 400 g/mol. The number of hydrogen-bond acceptors (Lipinski definition) is 4. The first-order chi connectivity index (χ1) is 13.8. The minimum Gasteiger partial charge on any atom is -0.506 e. The van der Waals surface area contributed by atoms with Crippen molar-refractivity contribution in [1.29, 1.82) is 0 Å². The van der Waals surface area contributed by atoms with Crippen LogP contribution in [0.1, 0.15) is 34.8 Å². The zero-order valence-corrected chi connectivity index (χ0v) is 15.8. The van der Waals surface area contributed by atoms with Gasteiger partial charge in [-0.15, -0.1) is 0 Å². The second-order valence-corrected chi connectivity index (χ2v) is 7.09. The molecule has 1 aliphatic carbocycles. The van der Waals surface area contributed by atoms with Crippen molar-refractivity contribution in [2.24, 2.45) is 0 Å². The van der Waals surface area contributed by atoms with Crippen LogP contribution in [0.3, 0.4) is 0 Å². The van der Waals surface area contributed by atoms with E-state index in [0.29, 0.717) is 0 Å². The Kier molecular flexibility index (Phi) is 4.49. The summed E-state index contributed by atoms with van der Waals surface area (Å²) in [5.41, 5.74) is 0.0792. The van der Waals surface area contributed by atoms with Crippen LogP contribution in [-0.2, 0) is 0 Å². The van der Waals surface area contributed by atoms with E-state index >= 15 is 0 Å². The largest absolute Gasteiger partial charge is 0.506 e. The molecule has 6 nitrogen and oxygen atoms in total. The number of benzene rings is 2. The molecule has 0 spiro atoms. The Morgan fingerprint density at radius 3 is 2.66 bits per heavy atom. The Hall–Kier alpha value is -3.42. The standard InChI is InChI=1S/C21H18F2N2O4/c1-10-3-6-16(26)15(7-10)24-21(28)13-9-25(11-4-5-11)18-12(19(13)27)8-14(22)17(23)20(18)29-2/h3,6-9,11,26H,4-5H2,1-2H3,(H,24,28). The molecule has 1 aliphatic rings. The first-order valence-corrected chi connectivity index (χ1v) is 9.03. The number of amides is 1. The summed E-state index contributed by atoms with van der Waals surface area (Å²) in [7, 11) is 1.19. The van der Waals surface area contributed by atoms with Gasteiger partial charge in [-0.3, -0.25) is 9.59 Å². The molecule has 8 heteroatoms. The van der Waals surface area contributed by atoms with Gasteiger partial charge in [0.15, 0.2) is 11.6 Å². The molecule has 2 aromatic carbocycles. The first-order valence-electron chi connectivity index (χ1n) is 9.03. The van der Waals surface area contributed by atoms with Crippen LogP contribution < -0.4 is 15.5 Å². The van der Waals surface area contributed by atoms with Crippen LogP contribution >= 0.6 is 0 Å². The van der Waals surface area contributed by atoms with Gasteiger partial charge in [0.1, 0.15) is 11.3 Å². The van der Waals surface area contributed by atoms with Crippen LogP contribution in [0.2, 0.25) is 0 Å². The number of ether oxygens (including phenoxy) is 1. The average Bonchev–Trinajstić information content (AvgIpc) is 3.52. The molecule has 0 saturated heterocycles. The lowest BCUT2D eigenvalue weighted by Crippen LogP contribution is -2.24. The Balaban J connectivity index is 1.91. The van der Waals surface area contributed by atoms with Gasteiger partial charge in [-0.05, 0) is 43.5 Å². The summed E-state index contributed by atoms with van der Waals surface area (Å²) in [5.74, 6) is -3.69. The lowest BCUT2D eigenvalue weighted by molar-refractivity contribution is 0.102. The molecular weight excluding hydrogens is 382 g/mol. The van der Waals surface area contributed by atoms with Gasteiger partial charge in [0.05, 0.1) is 23.7 Å². The van der Waals surface area contributed by atoms with E-state index in [1.54, 1.807) is 23.6 Å². The van der Waals surface area contributed by atoms with Gasteiger partial charge in [0, 0.05) is 12.2 Å². The molecule has 4 rings (SSSR count). The van der Waals surface area contributed by atoms with E-state index in [9.17, 15) is 23.5 Å². The number of methoxy groups -OCH3 is 1. The molecule has 0 radical (unpaired) electrons. The summed E-state index contributed by atoms with van der Waals surface area (Å²) in [6, 6.07) is 5.40. The molecule has 3 aromatic rings. The van der Waals surface area contributed by atoms with Gasteiger partial charge in [-0.1, -0.05) is 6.07 Å². The highest BCUT2D eigenvalue weighted by molar-refractivity contribution is 6.06. The minimum atomic E-state index is -1.23. The van der Waals surface area contributed by atoms with E-state index in [0.717, 1.165) is 24.5 Å². The van der Waals surface area contributed by atoms with Crippen molar-refractivity contribution in [1.82, 2.24) is 4.57 Å². The van der Waals surface area contributed by atoms with Crippen molar-refractivity contribution < 1.29 is 23.4 Å². The highest BCUT2D eigenvalue weighted by Gasteiger charge is 2.30. The van der Waals surface area contributed by atoms with Crippen molar-refractivity contribution >= 4 is 22.5 Å². The number of aryl methyl sites for hydroxylation is 1. The second-order valence-electron chi connectivity index (χ2n) is 7.09. The first kappa shape index (κ1) is 18.9. The number of aromatic nitrogens is 1. The molecule has 1 aromatic heterocycles. The summed E-state index contributed by atoms with van der Waals surface area (Å²) in [4.78, 5) is 25.8. The molecule has 1 saturated carbocycles. The van der Waals surface area contributed by atoms with E-state index < -0.39 is 23.0 Å². The van der Waals surface area contributed by atoms with Crippen molar-refractivity contribution in [2.45, 2.75) is 25.8 Å². The van der Waals surface area contributed by atoms with E-state index in [1.165, 1.54) is 19.4 Å². The molecule has 150 valence electrons. The molecule has 0 bridgehead atoms. The molecule has 29 heavy (non-hydrogen) atoms. The normalized spacial score (nSPS) is 13.5. The SMILES string of the molecule is COc1c(F)c(F)cc2c(=O)c(C(=O)Nc3cc(C)ccc3O)cn(C3CC3)c12. The van der Waals surface area contributed by atoms with Crippen LogP contribution in [0.5, 0.6) is 11.5 Å². The number of nitrogens with one attached hydrogen (secondary N) is 1. The molecule has 0 atom stereocenters. The Morgan fingerprint density at radius 2 is 2.00 bits per heavy atom. The smallest absolute Gasteiger partial charge is 0.261 e. The predicted molar refractivity (Wildman–Crippen MR) is 104 cm³/mol. The number of fused-ring (bicyclic) bond motifs is 1. The summed E-state index contributed by atoms with van der Waals surface area (Å²) in [6.45, 7) is 1.79. The molecule has 2 N–H and O–H groups in total. The number of phenolic OH excluding ortho intramolecular Hbond substituents is 1. The number of pyridine rings is 1. The topological polar surface area (TPSA) is 80.6 Å². The maximum Gasteiger partial charge on any atom is 0.261 e. The van der Waals surface area contributed by atoms with Gasteiger partial charge in [-0.2, -0.15) is 4.39 Å². The van der Waals surface area contributed by atoms with Crippen LogP contribution in [0.15, 0.2) is 35.3 Å². The summed E-state index contributed by atoms with van der Waals surface area (Å²) in [6.07, 6.45) is 2.89. The number of halogens is 2. The molecule has 1 heterocycles. The van der Waals surface area contributed by atoms with Crippen LogP contribution in [-0.4, -0.2) is 22.7 Å². The van der Waals surface area contributed by atoms with Crippen molar-refractivity contribution in [2.75, 3.05) is 12.4 Å². The number of phenols is 1. The van der Waals surface area contributed by atoms with E-state index in [-0.39, 0.29) is 39.7 Å². The molecular formula is C21H18F2N2O4. The lowest BCUT2D eigenvalue weighted by Gasteiger charge is -2.16. The zero-order chi connectivity index (χ0) is 20.9. The fraction of sp³-hybridized carbons (Fsp3) is 0.238. The third-order valence-electron chi connectivity index (χ3n) is 4.96.